The molecule has 0 amide bonds. The SMILES string of the molecule is CCNC(c1ccc(OC(C)C)cc1)C1CCOC1C. The van der Waals surface area contributed by atoms with Crippen molar-refractivity contribution in [1.82, 2.24) is 5.32 Å². The topological polar surface area (TPSA) is 30.5 Å². The van der Waals surface area contributed by atoms with Gasteiger partial charge in [0.15, 0.2) is 0 Å². The quantitative estimate of drug-likeness (QED) is 0.862. The Morgan fingerprint density at radius 2 is 2.00 bits per heavy atom. The molecular formula is C17H27NO2. The second-order valence-corrected chi connectivity index (χ2v) is 5.80. The summed E-state index contributed by atoms with van der Waals surface area (Å²) in [6.07, 6.45) is 1.67. The van der Waals surface area contributed by atoms with Gasteiger partial charge in [-0.3, -0.25) is 0 Å². The second kappa shape index (κ2) is 7.09. The third-order valence-corrected chi connectivity index (χ3v) is 3.90. The number of nitrogens with one attached hydrogen (secondary N) is 1. The van der Waals surface area contributed by atoms with Crippen LogP contribution in [0.2, 0.25) is 0 Å². The van der Waals surface area contributed by atoms with Crippen molar-refractivity contribution < 1.29 is 9.47 Å². The molecule has 0 saturated carbocycles. The Labute approximate surface area is 122 Å². The van der Waals surface area contributed by atoms with Gasteiger partial charge < -0.3 is 14.8 Å². The van der Waals surface area contributed by atoms with E-state index in [2.05, 4.69) is 43.4 Å². The maximum Gasteiger partial charge on any atom is 0.119 e. The molecule has 0 spiro atoms. The molecule has 1 saturated heterocycles. The number of benzene rings is 1. The van der Waals surface area contributed by atoms with E-state index in [1.807, 2.05) is 13.8 Å². The maximum absolute atomic E-state index is 5.73. The van der Waals surface area contributed by atoms with Crippen molar-refractivity contribution >= 4 is 0 Å². The summed E-state index contributed by atoms with van der Waals surface area (Å²) in [4.78, 5) is 0. The van der Waals surface area contributed by atoms with Gasteiger partial charge in [-0.25, -0.2) is 0 Å². The van der Waals surface area contributed by atoms with Crippen LogP contribution < -0.4 is 10.1 Å². The molecule has 1 aromatic carbocycles. The van der Waals surface area contributed by atoms with E-state index in [4.69, 9.17) is 9.47 Å². The zero-order valence-electron chi connectivity index (χ0n) is 13.1. The van der Waals surface area contributed by atoms with E-state index < -0.39 is 0 Å². The molecule has 3 heteroatoms. The first-order valence-electron chi connectivity index (χ1n) is 7.73. The summed E-state index contributed by atoms with van der Waals surface area (Å²) in [6.45, 7) is 10.3. The van der Waals surface area contributed by atoms with Crippen LogP contribution in [0.4, 0.5) is 0 Å². The summed E-state index contributed by atoms with van der Waals surface area (Å²) in [6, 6.07) is 8.86. The molecule has 1 aromatic rings. The number of hydrogen-bond donors (Lipinski definition) is 1. The third-order valence-electron chi connectivity index (χ3n) is 3.90. The van der Waals surface area contributed by atoms with Crippen LogP contribution >= 0.6 is 0 Å². The Hall–Kier alpha value is -1.06. The number of ether oxygens (including phenoxy) is 2. The molecule has 0 aromatic heterocycles. The molecule has 20 heavy (non-hydrogen) atoms. The fourth-order valence-electron chi connectivity index (χ4n) is 2.95. The zero-order valence-corrected chi connectivity index (χ0v) is 13.1. The van der Waals surface area contributed by atoms with Gasteiger partial charge in [0.2, 0.25) is 0 Å². The van der Waals surface area contributed by atoms with Gasteiger partial charge in [-0.05, 0) is 51.4 Å². The molecule has 1 aliphatic rings. The Bertz CT molecular complexity index is 402. The molecular weight excluding hydrogens is 250 g/mol. The van der Waals surface area contributed by atoms with Gasteiger partial charge in [0, 0.05) is 18.6 Å². The molecule has 0 radical (unpaired) electrons. The summed E-state index contributed by atoms with van der Waals surface area (Å²) in [5.74, 6) is 1.49. The molecule has 1 N–H and O–H groups in total. The second-order valence-electron chi connectivity index (χ2n) is 5.80. The van der Waals surface area contributed by atoms with Gasteiger partial charge in [-0.15, -0.1) is 0 Å². The number of hydrogen-bond acceptors (Lipinski definition) is 3. The Morgan fingerprint density at radius 3 is 2.50 bits per heavy atom. The predicted molar refractivity (Wildman–Crippen MR) is 82.1 cm³/mol. The van der Waals surface area contributed by atoms with Crippen molar-refractivity contribution in [3.05, 3.63) is 29.8 Å². The fourth-order valence-corrected chi connectivity index (χ4v) is 2.95. The Morgan fingerprint density at radius 1 is 1.30 bits per heavy atom. The van der Waals surface area contributed by atoms with Crippen molar-refractivity contribution in [2.45, 2.75) is 52.4 Å². The van der Waals surface area contributed by atoms with E-state index >= 15 is 0 Å². The minimum atomic E-state index is 0.216. The lowest BCUT2D eigenvalue weighted by Crippen LogP contribution is -2.31. The number of rotatable bonds is 6. The van der Waals surface area contributed by atoms with Crippen LogP contribution in [0.25, 0.3) is 0 Å². The van der Waals surface area contributed by atoms with Crippen molar-refractivity contribution in [3.63, 3.8) is 0 Å². The fraction of sp³-hybridized carbons (Fsp3) is 0.647. The highest BCUT2D eigenvalue weighted by molar-refractivity contribution is 5.30. The molecule has 0 aliphatic carbocycles. The maximum atomic E-state index is 5.73. The van der Waals surface area contributed by atoms with Crippen molar-refractivity contribution in [1.29, 1.82) is 0 Å². The zero-order chi connectivity index (χ0) is 14.5. The van der Waals surface area contributed by atoms with Crippen LogP contribution in [0, 0.1) is 5.92 Å². The van der Waals surface area contributed by atoms with Crippen LogP contribution in [0.15, 0.2) is 24.3 Å². The highest BCUT2D eigenvalue weighted by atomic mass is 16.5. The highest BCUT2D eigenvalue weighted by Crippen LogP contribution is 2.33. The smallest absolute Gasteiger partial charge is 0.119 e. The van der Waals surface area contributed by atoms with E-state index in [-0.39, 0.29) is 6.10 Å². The highest BCUT2D eigenvalue weighted by Gasteiger charge is 2.32. The lowest BCUT2D eigenvalue weighted by molar-refractivity contribution is 0.0956. The summed E-state index contributed by atoms with van der Waals surface area (Å²) < 4.78 is 11.4. The first kappa shape index (κ1) is 15.3. The molecule has 3 unspecified atom stereocenters. The summed E-state index contributed by atoms with van der Waals surface area (Å²) in [5, 5.41) is 3.61. The van der Waals surface area contributed by atoms with Crippen LogP contribution in [-0.4, -0.2) is 25.4 Å². The summed E-state index contributed by atoms with van der Waals surface area (Å²) in [7, 11) is 0. The normalized spacial score (nSPS) is 24.1. The van der Waals surface area contributed by atoms with Gasteiger partial charge >= 0.3 is 0 Å². The van der Waals surface area contributed by atoms with E-state index in [0.717, 1.165) is 25.3 Å². The average molecular weight is 277 g/mol. The Balaban J connectivity index is 2.12. The van der Waals surface area contributed by atoms with Crippen molar-refractivity contribution in [2.24, 2.45) is 5.92 Å². The van der Waals surface area contributed by atoms with Crippen molar-refractivity contribution in [2.75, 3.05) is 13.2 Å². The van der Waals surface area contributed by atoms with Gasteiger partial charge in [0.25, 0.3) is 0 Å². The van der Waals surface area contributed by atoms with Crippen molar-refractivity contribution in [3.8, 4) is 5.75 Å². The monoisotopic (exact) mass is 277 g/mol. The molecule has 2 rings (SSSR count). The van der Waals surface area contributed by atoms with Gasteiger partial charge in [0.05, 0.1) is 12.2 Å². The minimum Gasteiger partial charge on any atom is -0.491 e. The predicted octanol–water partition coefficient (Wildman–Crippen LogP) is 3.55. The van der Waals surface area contributed by atoms with Crippen LogP contribution in [-0.2, 0) is 4.74 Å². The molecule has 1 heterocycles. The van der Waals surface area contributed by atoms with E-state index in [0.29, 0.717) is 18.1 Å². The van der Waals surface area contributed by atoms with Gasteiger partial charge in [0.1, 0.15) is 5.75 Å². The first-order chi connectivity index (χ1) is 9.61. The van der Waals surface area contributed by atoms with Gasteiger partial charge in [-0.1, -0.05) is 19.1 Å². The van der Waals surface area contributed by atoms with Crippen LogP contribution in [0.1, 0.15) is 45.7 Å². The summed E-state index contributed by atoms with van der Waals surface area (Å²) in [5.41, 5.74) is 1.32. The van der Waals surface area contributed by atoms with Gasteiger partial charge in [-0.2, -0.15) is 0 Å². The van der Waals surface area contributed by atoms with Crippen LogP contribution in [0.5, 0.6) is 5.75 Å². The third kappa shape index (κ3) is 3.74. The molecule has 0 bridgehead atoms. The lowest BCUT2D eigenvalue weighted by Gasteiger charge is -2.27. The molecule has 112 valence electrons. The van der Waals surface area contributed by atoms with E-state index in [1.54, 1.807) is 0 Å². The summed E-state index contributed by atoms with van der Waals surface area (Å²) >= 11 is 0. The molecule has 1 fully saturated rings. The average Bonchev–Trinajstić information content (AvgIpc) is 2.83. The molecule has 3 nitrogen and oxygen atoms in total. The lowest BCUT2D eigenvalue weighted by atomic mass is 9.88. The molecule has 3 atom stereocenters. The first-order valence-corrected chi connectivity index (χ1v) is 7.73. The van der Waals surface area contributed by atoms with Crippen LogP contribution in [0.3, 0.4) is 0 Å². The largest absolute Gasteiger partial charge is 0.491 e. The standard InChI is InChI=1S/C17H27NO2/c1-5-18-17(16-10-11-19-13(16)4)14-6-8-15(9-7-14)20-12(2)3/h6-9,12-13,16-18H,5,10-11H2,1-4H3. The van der Waals surface area contributed by atoms with E-state index in [1.165, 1.54) is 5.56 Å². The Kier molecular flexibility index (Phi) is 5.44. The molecule has 1 aliphatic heterocycles. The van der Waals surface area contributed by atoms with E-state index in [9.17, 15) is 0 Å². The minimum absolute atomic E-state index is 0.216.